The van der Waals surface area contributed by atoms with E-state index in [9.17, 15) is 4.79 Å². The molecule has 1 amide bonds. The quantitative estimate of drug-likeness (QED) is 0.782. The number of ether oxygens (including phenoxy) is 2. The summed E-state index contributed by atoms with van der Waals surface area (Å²) in [5, 5.41) is 0. The van der Waals surface area contributed by atoms with E-state index < -0.39 is 0 Å². The molecule has 114 valence electrons. The smallest absolute Gasteiger partial charge is 0.254 e. The first-order valence-electron chi connectivity index (χ1n) is 7.95. The van der Waals surface area contributed by atoms with Crippen LogP contribution < -0.4 is 0 Å². The Morgan fingerprint density at radius 2 is 2.19 bits per heavy atom. The van der Waals surface area contributed by atoms with Crippen LogP contribution in [0.25, 0.3) is 0 Å². The van der Waals surface area contributed by atoms with Gasteiger partial charge in [-0.25, -0.2) is 0 Å². The Bertz CT molecular complexity index is 483. The first-order valence-corrected chi connectivity index (χ1v) is 7.95. The third-order valence-electron chi connectivity index (χ3n) is 4.20. The Balaban J connectivity index is 1.43. The molecule has 0 spiro atoms. The second-order valence-corrected chi connectivity index (χ2v) is 5.72. The SMILES string of the molecule is O=C1c2ccccc2CCN1CCCOC1CCCCO1. The minimum Gasteiger partial charge on any atom is -0.353 e. The van der Waals surface area contributed by atoms with E-state index in [4.69, 9.17) is 9.47 Å². The molecule has 2 heterocycles. The molecule has 0 N–H and O–H groups in total. The van der Waals surface area contributed by atoms with Gasteiger partial charge in [-0.3, -0.25) is 4.79 Å². The normalized spacial score (nSPS) is 22.2. The van der Waals surface area contributed by atoms with Crippen molar-refractivity contribution < 1.29 is 14.3 Å². The molecule has 4 nitrogen and oxygen atoms in total. The summed E-state index contributed by atoms with van der Waals surface area (Å²) in [6.07, 6.45) is 5.11. The minimum absolute atomic E-state index is 0.0310. The first kappa shape index (κ1) is 14.5. The van der Waals surface area contributed by atoms with E-state index in [1.807, 2.05) is 29.2 Å². The number of hydrogen-bond acceptors (Lipinski definition) is 3. The van der Waals surface area contributed by atoms with Gasteiger partial charge in [0.2, 0.25) is 0 Å². The molecule has 4 heteroatoms. The fourth-order valence-corrected chi connectivity index (χ4v) is 3.00. The summed E-state index contributed by atoms with van der Waals surface area (Å²) in [7, 11) is 0. The van der Waals surface area contributed by atoms with Crippen LogP contribution in [0, 0.1) is 0 Å². The van der Waals surface area contributed by atoms with Crippen molar-refractivity contribution in [3.05, 3.63) is 35.4 Å². The van der Waals surface area contributed by atoms with Crippen LogP contribution in [0.5, 0.6) is 0 Å². The molecule has 0 saturated carbocycles. The second kappa shape index (κ2) is 7.05. The van der Waals surface area contributed by atoms with E-state index in [-0.39, 0.29) is 12.2 Å². The summed E-state index contributed by atoms with van der Waals surface area (Å²) in [5.74, 6) is 0.158. The van der Waals surface area contributed by atoms with Gasteiger partial charge in [0.15, 0.2) is 6.29 Å². The van der Waals surface area contributed by atoms with Gasteiger partial charge in [0.25, 0.3) is 5.91 Å². The second-order valence-electron chi connectivity index (χ2n) is 5.72. The van der Waals surface area contributed by atoms with E-state index in [0.29, 0.717) is 6.61 Å². The minimum atomic E-state index is -0.0310. The van der Waals surface area contributed by atoms with Crippen LogP contribution >= 0.6 is 0 Å². The third kappa shape index (κ3) is 3.63. The van der Waals surface area contributed by atoms with Gasteiger partial charge < -0.3 is 14.4 Å². The van der Waals surface area contributed by atoms with Crippen LogP contribution in [0.15, 0.2) is 24.3 Å². The van der Waals surface area contributed by atoms with E-state index in [0.717, 1.165) is 50.9 Å². The molecule has 1 fully saturated rings. The van der Waals surface area contributed by atoms with Gasteiger partial charge in [0.05, 0.1) is 6.61 Å². The number of fused-ring (bicyclic) bond motifs is 1. The Morgan fingerprint density at radius 3 is 3.05 bits per heavy atom. The molecule has 0 bridgehead atoms. The lowest BCUT2D eigenvalue weighted by molar-refractivity contribution is -0.162. The highest BCUT2D eigenvalue weighted by Gasteiger charge is 2.23. The number of nitrogens with zero attached hydrogens (tertiary/aromatic N) is 1. The predicted octanol–water partition coefficient (Wildman–Crippen LogP) is 2.62. The van der Waals surface area contributed by atoms with Gasteiger partial charge in [0, 0.05) is 25.3 Å². The molecule has 1 aromatic rings. The number of hydrogen-bond donors (Lipinski definition) is 0. The van der Waals surface area contributed by atoms with Gasteiger partial charge in [-0.05, 0) is 43.7 Å². The van der Waals surface area contributed by atoms with Crippen LogP contribution in [-0.4, -0.2) is 43.4 Å². The van der Waals surface area contributed by atoms with Gasteiger partial charge in [-0.1, -0.05) is 18.2 Å². The van der Waals surface area contributed by atoms with E-state index in [2.05, 4.69) is 0 Å². The lowest BCUT2D eigenvalue weighted by Crippen LogP contribution is -2.38. The summed E-state index contributed by atoms with van der Waals surface area (Å²) < 4.78 is 11.3. The maximum absolute atomic E-state index is 12.4. The Labute approximate surface area is 126 Å². The maximum Gasteiger partial charge on any atom is 0.254 e. The average Bonchev–Trinajstić information content (AvgIpc) is 2.55. The third-order valence-corrected chi connectivity index (χ3v) is 4.20. The van der Waals surface area contributed by atoms with Crippen molar-refractivity contribution in [1.29, 1.82) is 0 Å². The van der Waals surface area contributed by atoms with Crippen LogP contribution in [0.4, 0.5) is 0 Å². The fourth-order valence-electron chi connectivity index (χ4n) is 3.00. The Kier molecular flexibility index (Phi) is 4.88. The van der Waals surface area contributed by atoms with E-state index >= 15 is 0 Å². The highest BCUT2D eigenvalue weighted by Crippen LogP contribution is 2.19. The topological polar surface area (TPSA) is 38.8 Å². The number of rotatable bonds is 5. The lowest BCUT2D eigenvalue weighted by Gasteiger charge is -2.29. The zero-order chi connectivity index (χ0) is 14.5. The van der Waals surface area contributed by atoms with Crippen molar-refractivity contribution in [2.45, 2.75) is 38.4 Å². The molecule has 2 aliphatic heterocycles. The van der Waals surface area contributed by atoms with Crippen LogP contribution in [0.3, 0.4) is 0 Å². The molecule has 0 aliphatic carbocycles. The summed E-state index contributed by atoms with van der Waals surface area (Å²) in [6, 6.07) is 7.91. The predicted molar refractivity (Wildman–Crippen MR) is 80.2 cm³/mol. The zero-order valence-electron chi connectivity index (χ0n) is 12.4. The van der Waals surface area contributed by atoms with Crippen molar-refractivity contribution >= 4 is 5.91 Å². The summed E-state index contributed by atoms with van der Waals surface area (Å²) in [4.78, 5) is 14.3. The highest BCUT2D eigenvalue weighted by atomic mass is 16.7. The van der Waals surface area contributed by atoms with Crippen molar-refractivity contribution in [1.82, 2.24) is 4.90 Å². The first-order chi connectivity index (χ1) is 10.3. The monoisotopic (exact) mass is 289 g/mol. The summed E-state index contributed by atoms with van der Waals surface area (Å²) in [6.45, 7) is 3.05. The maximum atomic E-state index is 12.4. The van der Waals surface area contributed by atoms with Crippen LogP contribution in [0.1, 0.15) is 41.6 Å². The molecule has 3 rings (SSSR count). The largest absolute Gasteiger partial charge is 0.353 e. The standard InChI is InChI=1S/C17H23NO3/c19-17-15-7-2-1-6-14(15)9-11-18(17)10-5-13-21-16-8-3-4-12-20-16/h1-2,6-7,16H,3-5,8-13H2. The van der Waals surface area contributed by atoms with Crippen LogP contribution in [-0.2, 0) is 15.9 Å². The molecule has 0 aromatic heterocycles. The molecule has 1 saturated heterocycles. The van der Waals surface area contributed by atoms with Crippen molar-refractivity contribution in [2.24, 2.45) is 0 Å². The summed E-state index contributed by atoms with van der Waals surface area (Å²) >= 11 is 0. The molecule has 1 aromatic carbocycles. The Hall–Kier alpha value is -1.39. The number of carbonyl (C=O) groups excluding carboxylic acids is 1. The van der Waals surface area contributed by atoms with E-state index in [1.165, 1.54) is 12.0 Å². The van der Waals surface area contributed by atoms with Crippen molar-refractivity contribution in [2.75, 3.05) is 26.3 Å². The fraction of sp³-hybridized carbons (Fsp3) is 0.588. The molecular weight excluding hydrogens is 266 g/mol. The van der Waals surface area contributed by atoms with Crippen molar-refractivity contribution in [3.8, 4) is 0 Å². The van der Waals surface area contributed by atoms with Gasteiger partial charge in [0.1, 0.15) is 0 Å². The zero-order valence-corrected chi connectivity index (χ0v) is 12.4. The van der Waals surface area contributed by atoms with Gasteiger partial charge >= 0.3 is 0 Å². The Morgan fingerprint density at radius 1 is 1.29 bits per heavy atom. The number of carbonyl (C=O) groups is 1. The van der Waals surface area contributed by atoms with E-state index in [1.54, 1.807) is 0 Å². The molecule has 1 unspecified atom stereocenters. The molecule has 0 radical (unpaired) electrons. The number of amides is 1. The molecular formula is C17H23NO3. The molecule has 2 aliphatic rings. The van der Waals surface area contributed by atoms with Crippen molar-refractivity contribution in [3.63, 3.8) is 0 Å². The van der Waals surface area contributed by atoms with Crippen LogP contribution in [0.2, 0.25) is 0 Å². The molecule has 21 heavy (non-hydrogen) atoms. The average molecular weight is 289 g/mol. The summed E-state index contributed by atoms with van der Waals surface area (Å²) in [5.41, 5.74) is 2.03. The van der Waals surface area contributed by atoms with Gasteiger partial charge in [-0.2, -0.15) is 0 Å². The highest BCUT2D eigenvalue weighted by molar-refractivity contribution is 5.96. The number of benzene rings is 1. The lowest BCUT2D eigenvalue weighted by atomic mass is 9.99. The molecule has 1 atom stereocenters. The van der Waals surface area contributed by atoms with Gasteiger partial charge in [-0.15, -0.1) is 0 Å².